The predicted octanol–water partition coefficient (Wildman–Crippen LogP) is 2.79. The zero-order valence-electron chi connectivity index (χ0n) is 17.4. The Morgan fingerprint density at radius 2 is 1.52 bits per heavy atom. The molecule has 1 aliphatic heterocycles. The van der Waals surface area contributed by atoms with Gasteiger partial charge < -0.3 is 10.2 Å². The molecule has 2 N–H and O–H groups in total. The fraction of sp³-hybridized carbons (Fsp3) is 0.348. The topological polar surface area (TPSA) is 110 Å². The molecule has 2 aromatic rings. The van der Waals surface area contributed by atoms with Gasteiger partial charge in [-0.2, -0.15) is 4.89 Å². The van der Waals surface area contributed by atoms with Crippen molar-refractivity contribution in [3.05, 3.63) is 70.8 Å². The van der Waals surface area contributed by atoms with Gasteiger partial charge in [0.2, 0.25) is 0 Å². The van der Waals surface area contributed by atoms with Crippen LogP contribution in [-0.2, 0) is 14.6 Å². The monoisotopic (exact) mass is 444 g/mol. The molecule has 4 atom stereocenters. The highest BCUT2D eigenvalue weighted by atomic mass is 32.2. The van der Waals surface area contributed by atoms with E-state index < -0.39 is 39.9 Å². The maximum Gasteiger partial charge on any atom is 0.339 e. The van der Waals surface area contributed by atoms with E-state index in [2.05, 4.69) is 4.89 Å². The van der Waals surface area contributed by atoms with Gasteiger partial charge in [-0.25, -0.2) is 4.79 Å². The van der Waals surface area contributed by atoms with E-state index in [0.29, 0.717) is 0 Å². The largest absolute Gasteiger partial charge is 0.384 e. The van der Waals surface area contributed by atoms with Gasteiger partial charge in [-0.1, -0.05) is 59.7 Å². The van der Waals surface area contributed by atoms with Crippen molar-refractivity contribution in [1.82, 2.24) is 0 Å². The molecule has 1 saturated heterocycles. The van der Waals surface area contributed by atoms with Crippen molar-refractivity contribution in [3.63, 3.8) is 0 Å². The molecular weight excluding hydrogens is 420 g/mol. The molecule has 0 spiro atoms. The van der Waals surface area contributed by atoms with E-state index in [-0.39, 0.29) is 17.5 Å². The lowest BCUT2D eigenvalue weighted by Gasteiger charge is -2.30. The number of benzene rings is 2. The molecule has 0 radical (unpaired) electrons. The van der Waals surface area contributed by atoms with Gasteiger partial charge in [0, 0.05) is 24.5 Å². The lowest BCUT2D eigenvalue weighted by molar-refractivity contribution is -0.280. The van der Waals surface area contributed by atoms with E-state index in [1.807, 2.05) is 13.8 Å². The Balaban J connectivity index is 1.91. The molecule has 1 fully saturated rings. The number of aryl methyl sites for hydroxylation is 2. The highest BCUT2D eigenvalue weighted by molar-refractivity contribution is 8.00. The minimum Gasteiger partial charge on any atom is -0.384 e. The summed E-state index contributed by atoms with van der Waals surface area (Å²) >= 11 is 0.879. The first kappa shape index (κ1) is 23.1. The Kier molecular flexibility index (Phi) is 6.96. The van der Waals surface area contributed by atoms with Crippen LogP contribution < -0.4 is 0 Å². The van der Waals surface area contributed by atoms with Crippen LogP contribution in [0.5, 0.6) is 0 Å². The van der Waals surface area contributed by atoms with Crippen LogP contribution in [0, 0.1) is 13.8 Å². The quantitative estimate of drug-likeness (QED) is 0.381. The van der Waals surface area contributed by atoms with Crippen LogP contribution in [0.25, 0.3) is 0 Å². The van der Waals surface area contributed by atoms with Crippen molar-refractivity contribution in [2.45, 2.75) is 49.6 Å². The summed E-state index contributed by atoms with van der Waals surface area (Å²) in [5.74, 6) is -1.97. The second-order valence-electron chi connectivity index (χ2n) is 7.66. The summed E-state index contributed by atoms with van der Waals surface area (Å²) in [7, 11) is 0. The van der Waals surface area contributed by atoms with E-state index in [1.165, 1.54) is 0 Å². The molecule has 3 rings (SSSR count). The van der Waals surface area contributed by atoms with E-state index in [4.69, 9.17) is 4.89 Å². The fourth-order valence-electron chi connectivity index (χ4n) is 3.41. The van der Waals surface area contributed by atoms with Crippen molar-refractivity contribution in [3.8, 4) is 0 Å². The van der Waals surface area contributed by atoms with Crippen LogP contribution in [0.3, 0.4) is 0 Å². The Morgan fingerprint density at radius 1 is 1.00 bits per heavy atom. The molecule has 0 aromatic heterocycles. The second-order valence-corrected chi connectivity index (χ2v) is 8.96. The van der Waals surface area contributed by atoms with Crippen LogP contribution in [-0.4, -0.2) is 50.1 Å². The van der Waals surface area contributed by atoms with Crippen molar-refractivity contribution in [2.75, 3.05) is 0 Å². The van der Waals surface area contributed by atoms with Crippen molar-refractivity contribution in [1.29, 1.82) is 0 Å². The third-order valence-electron chi connectivity index (χ3n) is 5.12. The summed E-state index contributed by atoms with van der Waals surface area (Å²) in [6.07, 6.45) is -1.95. The molecule has 8 heteroatoms. The number of carbonyl (C=O) groups excluding carboxylic acids is 3. The lowest BCUT2D eigenvalue weighted by Crippen LogP contribution is -2.52. The number of Topliss-reactive ketones (excluding diaryl/α,β-unsaturated/α-hetero) is 2. The summed E-state index contributed by atoms with van der Waals surface area (Å²) in [4.78, 5) is 46.8. The van der Waals surface area contributed by atoms with E-state index in [9.17, 15) is 24.6 Å². The summed E-state index contributed by atoms with van der Waals surface area (Å²) < 4.78 is 0. The number of ketones is 2. The Hall–Kier alpha value is -2.52. The lowest BCUT2D eigenvalue weighted by atomic mass is 9.83. The molecule has 0 amide bonds. The smallest absolute Gasteiger partial charge is 0.339 e. The highest BCUT2D eigenvalue weighted by Gasteiger charge is 2.57. The minimum absolute atomic E-state index is 0.238. The van der Waals surface area contributed by atoms with Crippen LogP contribution >= 0.6 is 11.8 Å². The zero-order valence-corrected chi connectivity index (χ0v) is 18.2. The predicted molar refractivity (Wildman–Crippen MR) is 115 cm³/mol. The number of aliphatic hydroxyl groups is 2. The van der Waals surface area contributed by atoms with Gasteiger partial charge >= 0.3 is 5.97 Å². The third kappa shape index (κ3) is 5.04. The number of hydrogen-bond acceptors (Lipinski definition) is 8. The van der Waals surface area contributed by atoms with Crippen LogP contribution in [0.15, 0.2) is 48.5 Å². The molecule has 0 aliphatic carbocycles. The molecule has 7 nitrogen and oxygen atoms in total. The van der Waals surface area contributed by atoms with E-state index in [0.717, 1.165) is 29.8 Å². The summed E-state index contributed by atoms with van der Waals surface area (Å²) in [6, 6.07) is 13.2. The highest BCUT2D eigenvalue weighted by Crippen LogP contribution is 2.46. The third-order valence-corrected chi connectivity index (χ3v) is 6.61. The van der Waals surface area contributed by atoms with Gasteiger partial charge in [-0.05, 0) is 13.8 Å². The van der Waals surface area contributed by atoms with Crippen LogP contribution in [0.2, 0.25) is 0 Å². The van der Waals surface area contributed by atoms with Crippen molar-refractivity contribution in [2.24, 2.45) is 0 Å². The summed E-state index contributed by atoms with van der Waals surface area (Å²) in [5.41, 5.74) is -0.665. The number of aliphatic hydroxyl groups excluding tert-OH is 1. The normalized spacial score (nSPS) is 23.9. The van der Waals surface area contributed by atoms with Crippen molar-refractivity contribution < 1.29 is 34.4 Å². The second kappa shape index (κ2) is 9.32. The van der Waals surface area contributed by atoms with Crippen LogP contribution in [0.1, 0.15) is 45.2 Å². The SMILES string of the molecule is CC(=O)OOC1C[C@@](O)(C(=O)c2ccc(C)cc2)[C@@H](C(O)C(=O)c2ccc(C)cc2)S1. The summed E-state index contributed by atoms with van der Waals surface area (Å²) in [5, 5.41) is 21.0. The van der Waals surface area contributed by atoms with Gasteiger partial charge in [0.1, 0.15) is 11.7 Å². The van der Waals surface area contributed by atoms with Gasteiger partial charge in [0.05, 0.1) is 5.25 Å². The number of carbonyl (C=O) groups is 3. The van der Waals surface area contributed by atoms with Gasteiger partial charge in [-0.15, -0.1) is 11.8 Å². The maximum absolute atomic E-state index is 13.2. The average molecular weight is 445 g/mol. The van der Waals surface area contributed by atoms with Crippen molar-refractivity contribution >= 4 is 29.3 Å². The molecule has 2 unspecified atom stereocenters. The number of thioether (sulfide) groups is 1. The Labute approximate surface area is 184 Å². The first-order valence-corrected chi connectivity index (χ1v) is 10.7. The van der Waals surface area contributed by atoms with Gasteiger partial charge in [0.15, 0.2) is 17.0 Å². The van der Waals surface area contributed by atoms with E-state index >= 15 is 0 Å². The molecule has 1 heterocycles. The molecule has 31 heavy (non-hydrogen) atoms. The van der Waals surface area contributed by atoms with E-state index in [1.54, 1.807) is 48.5 Å². The first-order valence-electron chi connectivity index (χ1n) is 9.74. The molecular formula is C23H24O7S. The maximum atomic E-state index is 13.2. The molecule has 1 aliphatic rings. The number of rotatable bonds is 7. The average Bonchev–Trinajstić information content (AvgIpc) is 3.09. The molecule has 2 aromatic carbocycles. The fourth-order valence-corrected chi connectivity index (χ4v) is 4.87. The standard InChI is InChI=1S/C23H24O7S/c1-13-4-8-16(9-5-13)19(25)20(26)22-23(28,12-18(31-22)30-29-15(3)24)21(27)17-10-6-14(2)7-11-17/h4-11,18,20,22,26,28H,12H2,1-3H3/t18?,20?,22-,23-/m1/s1. The first-order chi connectivity index (χ1) is 14.6. The van der Waals surface area contributed by atoms with Crippen LogP contribution in [0.4, 0.5) is 0 Å². The number of hydrogen-bond donors (Lipinski definition) is 2. The Morgan fingerprint density at radius 3 is 2.03 bits per heavy atom. The summed E-state index contributed by atoms with van der Waals surface area (Å²) in [6.45, 7) is 4.88. The minimum atomic E-state index is -2.11. The molecule has 164 valence electrons. The van der Waals surface area contributed by atoms with Gasteiger partial charge in [0.25, 0.3) is 0 Å². The van der Waals surface area contributed by atoms with Gasteiger partial charge in [-0.3, -0.25) is 14.5 Å². The molecule has 0 bridgehead atoms. The zero-order chi connectivity index (χ0) is 22.8. The Bertz CT molecular complexity index is 970. The molecule has 0 saturated carbocycles.